The zero-order valence-corrected chi connectivity index (χ0v) is 13.8. The third kappa shape index (κ3) is 2.63. The Morgan fingerprint density at radius 2 is 1.81 bits per heavy atom. The van der Waals surface area contributed by atoms with Gasteiger partial charge in [-0.2, -0.15) is 0 Å². The van der Waals surface area contributed by atoms with Crippen LogP contribution in [0.5, 0.6) is 0 Å². The number of rotatable bonds is 1. The van der Waals surface area contributed by atoms with Gasteiger partial charge in [0.25, 0.3) is 0 Å². The van der Waals surface area contributed by atoms with Crippen LogP contribution in [0.2, 0.25) is 0 Å². The van der Waals surface area contributed by atoms with E-state index in [-0.39, 0.29) is 0 Å². The molecule has 2 aromatic heterocycles. The zero-order valence-electron chi connectivity index (χ0n) is 13.8. The normalized spacial score (nSPS) is 21.8. The van der Waals surface area contributed by atoms with Gasteiger partial charge in [-0.1, -0.05) is 27.7 Å². The number of anilines is 1. The van der Waals surface area contributed by atoms with Crippen molar-refractivity contribution in [3.63, 3.8) is 0 Å². The van der Waals surface area contributed by atoms with Crippen molar-refractivity contribution in [1.82, 2.24) is 14.5 Å². The number of nitrogens with two attached hydrogens (primary N) is 1. The molecular weight excluding hydrogens is 260 g/mol. The van der Waals surface area contributed by atoms with Gasteiger partial charge >= 0.3 is 0 Å². The molecule has 0 bridgehead atoms. The molecule has 0 unspecified atom stereocenters. The summed E-state index contributed by atoms with van der Waals surface area (Å²) in [7, 11) is 0. The third-order valence-electron chi connectivity index (χ3n) is 4.59. The number of hydrogen-bond donors (Lipinski definition) is 1. The first-order valence-corrected chi connectivity index (χ1v) is 7.77. The second kappa shape index (κ2) is 4.46. The lowest BCUT2D eigenvalue weighted by Gasteiger charge is -2.45. The largest absolute Gasteiger partial charge is 0.369 e. The fourth-order valence-electron chi connectivity index (χ4n) is 4.43. The van der Waals surface area contributed by atoms with Crippen LogP contribution in [0.15, 0.2) is 12.3 Å². The first-order chi connectivity index (χ1) is 9.67. The van der Waals surface area contributed by atoms with E-state index < -0.39 is 0 Å². The van der Waals surface area contributed by atoms with E-state index in [1.54, 1.807) is 0 Å². The van der Waals surface area contributed by atoms with Gasteiger partial charge in [0.1, 0.15) is 5.52 Å². The second-order valence-electron chi connectivity index (χ2n) is 8.26. The van der Waals surface area contributed by atoms with Crippen LogP contribution in [0.1, 0.15) is 58.6 Å². The highest BCUT2D eigenvalue weighted by Crippen LogP contribution is 2.50. The Morgan fingerprint density at radius 1 is 1.19 bits per heavy atom. The summed E-state index contributed by atoms with van der Waals surface area (Å²) in [6.45, 7) is 11.5. The smallest absolute Gasteiger partial charge is 0.202 e. The molecule has 1 saturated carbocycles. The van der Waals surface area contributed by atoms with Crippen LogP contribution in [0.3, 0.4) is 0 Å². The van der Waals surface area contributed by atoms with E-state index in [0.29, 0.717) is 22.8 Å². The number of hydrogen-bond acceptors (Lipinski definition) is 3. The Kier molecular flexibility index (Phi) is 3.05. The summed E-state index contributed by atoms with van der Waals surface area (Å²) in [5, 5.41) is 0. The summed E-state index contributed by atoms with van der Waals surface area (Å²) < 4.78 is 2.16. The molecule has 0 aliphatic heterocycles. The lowest BCUT2D eigenvalue weighted by Crippen LogP contribution is -2.35. The fourth-order valence-corrected chi connectivity index (χ4v) is 4.43. The van der Waals surface area contributed by atoms with Crippen molar-refractivity contribution in [2.24, 2.45) is 10.8 Å². The molecule has 4 heteroatoms. The molecule has 114 valence electrons. The van der Waals surface area contributed by atoms with Crippen molar-refractivity contribution in [1.29, 1.82) is 0 Å². The van der Waals surface area contributed by atoms with Gasteiger partial charge in [0, 0.05) is 12.2 Å². The van der Waals surface area contributed by atoms with Crippen LogP contribution >= 0.6 is 0 Å². The van der Waals surface area contributed by atoms with Crippen LogP contribution < -0.4 is 5.73 Å². The maximum atomic E-state index is 6.22. The predicted molar refractivity (Wildman–Crippen MR) is 87.1 cm³/mol. The van der Waals surface area contributed by atoms with E-state index in [1.165, 1.54) is 6.42 Å². The number of nitrogens with zero attached hydrogens (tertiary/aromatic N) is 3. The number of pyridine rings is 1. The molecule has 1 fully saturated rings. The summed E-state index contributed by atoms with van der Waals surface area (Å²) in [5.74, 6) is 0.599. The molecule has 0 radical (unpaired) electrons. The number of imidazole rings is 1. The standard InChI is InChI=1S/C17H26N4/c1-11-6-13-14(19-9-11)21(15(18)20-13)12-7-16(2,3)10-17(4,5)8-12/h6,9,12H,7-8,10H2,1-5H3,(H2,18,20). The van der Waals surface area contributed by atoms with Gasteiger partial charge in [-0.15, -0.1) is 0 Å². The van der Waals surface area contributed by atoms with Crippen LogP contribution in [-0.4, -0.2) is 14.5 Å². The average Bonchev–Trinajstić information content (AvgIpc) is 2.59. The molecule has 0 atom stereocenters. The number of aryl methyl sites for hydroxylation is 1. The Balaban J connectivity index is 2.09. The molecule has 1 aliphatic rings. The van der Waals surface area contributed by atoms with Crippen LogP contribution in [0.25, 0.3) is 11.2 Å². The van der Waals surface area contributed by atoms with Crippen molar-refractivity contribution >= 4 is 17.1 Å². The van der Waals surface area contributed by atoms with Crippen molar-refractivity contribution in [3.8, 4) is 0 Å². The van der Waals surface area contributed by atoms with E-state index >= 15 is 0 Å². The van der Waals surface area contributed by atoms with Gasteiger partial charge in [0.2, 0.25) is 5.95 Å². The molecule has 4 nitrogen and oxygen atoms in total. The highest BCUT2D eigenvalue weighted by atomic mass is 15.2. The first-order valence-electron chi connectivity index (χ1n) is 7.77. The maximum absolute atomic E-state index is 6.22. The maximum Gasteiger partial charge on any atom is 0.202 e. The highest BCUT2D eigenvalue weighted by molar-refractivity contribution is 5.74. The lowest BCUT2D eigenvalue weighted by atomic mass is 9.63. The second-order valence-corrected chi connectivity index (χ2v) is 8.26. The van der Waals surface area contributed by atoms with Crippen molar-refractivity contribution < 1.29 is 0 Å². The highest BCUT2D eigenvalue weighted by Gasteiger charge is 2.40. The van der Waals surface area contributed by atoms with E-state index in [1.807, 2.05) is 13.1 Å². The zero-order chi connectivity index (χ0) is 15.4. The Morgan fingerprint density at radius 3 is 2.43 bits per heavy atom. The Labute approximate surface area is 126 Å². The Hall–Kier alpha value is -1.58. The summed E-state index contributed by atoms with van der Waals surface area (Å²) in [5.41, 5.74) is 9.82. The number of aromatic nitrogens is 3. The fraction of sp³-hybridized carbons (Fsp3) is 0.647. The van der Waals surface area contributed by atoms with Crippen LogP contribution in [0.4, 0.5) is 5.95 Å². The van der Waals surface area contributed by atoms with Crippen molar-refractivity contribution in [3.05, 3.63) is 17.8 Å². The van der Waals surface area contributed by atoms with Gasteiger partial charge in [0.05, 0.1) is 0 Å². The summed E-state index contributed by atoms with van der Waals surface area (Å²) in [6.07, 6.45) is 5.40. The molecule has 2 heterocycles. The van der Waals surface area contributed by atoms with Crippen LogP contribution in [0, 0.1) is 17.8 Å². The topological polar surface area (TPSA) is 56.7 Å². The SMILES string of the molecule is Cc1cnc2c(c1)nc(N)n2C1CC(C)(C)CC(C)(C)C1. The van der Waals surface area contributed by atoms with E-state index in [9.17, 15) is 0 Å². The van der Waals surface area contributed by atoms with Gasteiger partial charge < -0.3 is 5.73 Å². The van der Waals surface area contributed by atoms with Gasteiger partial charge in [-0.3, -0.25) is 4.57 Å². The van der Waals surface area contributed by atoms with Crippen molar-refractivity contribution in [2.45, 2.75) is 59.9 Å². The molecule has 3 rings (SSSR count). The molecule has 21 heavy (non-hydrogen) atoms. The molecular formula is C17H26N4. The summed E-state index contributed by atoms with van der Waals surface area (Å²) >= 11 is 0. The van der Waals surface area contributed by atoms with Crippen LogP contribution in [-0.2, 0) is 0 Å². The predicted octanol–water partition coefficient (Wildman–Crippen LogP) is 4.10. The summed E-state index contributed by atoms with van der Waals surface area (Å²) in [4.78, 5) is 9.12. The molecule has 2 N–H and O–H groups in total. The minimum Gasteiger partial charge on any atom is -0.369 e. The minimum absolute atomic E-state index is 0.320. The van der Waals surface area contributed by atoms with Gasteiger partial charge in [-0.05, 0) is 48.6 Å². The quantitative estimate of drug-likeness (QED) is 0.858. The monoisotopic (exact) mass is 286 g/mol. The number of nitrogen functional groups attached to an aromatic ring is 1. The molecule has 1 aliphatic carbocycles. The molecule has 0 saturated heterocycles. The molecule has 2 aromatic rings. The lowest BCUT2D eigenvalue weighted by molar-refractivity contribution is 0.0745. The minimum atomic E-state index is 0.320. The Bertz CT molecular complexity index is 665. The molecule has 0 aromatic carbocycles. The number of fused-ring (bicyclic) bond motifs is 1. The summed E-state index contributed by atoms with van der Waals surface area (Å²) in [6, 6.07) is 2.44. The average molecular weight is 286 g/mol. The van der Waals surface area contributed by atoms with Gasteiger partial charge in [-0.25, -0.2) is 9.97 Å². The van der Waals surface area contributed by atoms with E-state index in [2.05, 4.69) is 48.3 Å². The molecule has 0 spiro atoms. The van der Waals surface area contributed by atoms with Gasteiger partial charge in [0.15, 0.2) is 5.65 Å². The van der Waals surface area contributed by atoms with Crippen molar-refractivity contribution in [2.75, 3.05) is 5.73 Å². The van der Waals surface area contributed by atoms with E-state index in [0.717, 1.165) is 29.6 Å². The first kappa shape index (κ1) is 14.4. The third-order valence-corrected chi connectivity index (χ3v) is 4.59. The molecule has 0 amide bonds. The van der Waals surface area contributed by atoms with E-state index in [4.69, 9.17) is 5.73 Å².